The van der Waals surface area contributed by atoms with Crippen molar-refractivity contribution in [2.75, 3.05) is 17.3 Å². The van der Waals surface area contributed by atoms with Crippen molar-refractivity contribution in [3.8, 4) is 0 Å². The maximum absolute atomic E-state index is 11.2. The van der Waals surface area contributed by atoms with Crippen LogP contribution < -0.4 is 74.6 Å². The van der Waals surface area contributed by atoms with Gasteiger partial charge >= 0.3 is 59.1 Å². The van der Waals surface area contributed by atoms with Crippen molar-refractivity contribution in [1.29, 1.82) is 0 Å². The third kappa shape index (κ3) is 13.5. The molecular weight excluding hydrogens is 300 g/mol. The number of carboxylic acids is 2. The zero-order chi connectivity index (χ0) is 12.6. The van der Waals surface area contributed by atoms with Gasteiger partial charge in [0.1, 0.15) is 0 Å². The molecule has 0 aromatic carbocycles. The monoisotopic (exact) mass is 311 g/mol. The summed E-state index contributed by atoms with van der Waals surface area (Å²) in [6, 6.07) is -1.09. The second-order valence-electron chi connectivity index (χ2n) is 2.82. The van der Waals surface area contributed by atoms with E-state index in [1.807, 2.05) is 0 Å². The van der Waals surface area contributed by atoms with Gasteiger partial charge in [-0.1, -0.05) is 0 Å². The summed E-state index contributed by atoms with van der Waals surface area (Å²) in [5, 5.41) is 22.8. The summed E-state index contributed by atoms with van der Waals surface area (Å²) in [4.78, 5) is 31.7. The van der Waals surface area contributed by atoms with E-state index in [-0.39, 0.29) is 77.0 Å². The van der Waals surface area contributed by atoms with Gasteiger partial charge in [0.2, 0.25) is 5.91 Å². The summed E-state index contributed by atoms with van der Waals surface area (Å²) in [7, 11) is 0. The van der Waals surface area contributed by atoms with Crippen LogP contribution in [0.5, 0.6) is 0 Å². The van der Waals surface area contributed by atoms with Gasteiger partial charge in [-0.15, -0.1) is 11.8 Å². The van der Waals surface area contributed by atoms with Crippen molar-refractivity contribution in [3.63, 3.8) is 0 Å². The number of carboxylic acid groups (broad SMARTS) is 2. The van der Waals surface area contributed by atoms with Crippen LogP contribution in [0.25, 0.3) is 0 Å². The molecule has 1 atom stereocenters. The first-order chi connectivity index (χ1) is 7.47. The number of thioether (sulfide) groups is 1. The minimum atomic E-state index is -1.38. The number of rotatable bonds is 8. The fourth-order valence-corrected chi connectivity index (χ4v) is 1.64. The first-order valence-corrected chi connectivity index (χ1v) is 6.14. The number of nitrogens with one attached hydrogen (secondary N) is 1. The van der Waals surface area contributed by atoms with Crippen LogP contribution in [0, 0.1) is 0 Å². The van der Waals surface area contributed by atoms with Crippen molar-refractivity contribution >= 4 is 42.2 Å². The maximum atomic E-state index is 11.2. The Morgan fingerprint density at radius 1 is 1.17 bits per heavy atom. The Bertz CT molecular complexity index is 280. The first-order valence-electron chi connectivity index (χ1n) is 4.36. The number of hydrogen-bond acceptors (Lipinski definition) is 7. The predicted octanol–water partition coefficient (Wildman–Crippen LogP) is -8.97. The molecule has 0 fully saturated rings. The van der Waals surface area contributed by atoms with Crippen LogP contribution in [-0.4, -0.2) is 41.1 Å². The van der Waals surface area contributed by atoms with Crippen molar-refractivity contribution in [1.82, 2.24) is 5.32 Å². The Morgan fingerprint density at radius 2 is 1.72 bits per heavy atom. The molecular formula is C8H11NNa2O5S2. The molecule has 1 amide bonds. The summed E-state index contributed by atoms with van der Waals surface area (Å²) in [5.41, 5.74) is 0. The van der Waals surface area contributed by atoms with Crippen LogP contribution in [0.1, 0.15) is 6.42 Å². The maximum Gasteiger partial charge on any atom is 1.00 e. The van der Waals surface area contributed by atoms with Gasteiger partial charge in [-0.3, -0.25) is 4.79 Å². The molecule has 0 aromatic rings. The molecule has 6 nitrogen and oxygen atoms in total. The van der Waals surface area contributed by atoms with Crippen LogP contribution >= 0.6 is 24.4 Å². The molecule has 0 aliphatic rings. The fraction of sp³-hybridized carbons (Fsp3) is 0.625. The van der Waals surface area contributed by atoms with E-state index in [1.165, 1.54) is 0 Å². The molecule has 0 aliphatic carbocycles. The minimum absolute atomic E-state index is 0. The zero-order valence-electron chi connectivity index (χ0n) is 10.3. The number of carbonyl (C=O) groups is 3. The van der Waals surface area contributed by atoms with Gasteiger partial charge in [0.15, 0.2) is 0 Å². The molecule has 0 unspecified atom stereocenters. The fourth-order valence-electron chi connectivity index (χ4n) is 0.841. The van der Waals surface area contributed by atoms with E-state index < -0.39 is 23.9 Å². The molecule has 0 spiro atoms. The van der Waals surface area contributed by atoms with Gasteiger partial charge in [-0.2, -0.15) is 12.6 Å². The van der Waals surface area contributed by atoms with Crippen molar-refractivity contribution < 1.29 is 83.7 Å². The van der Waals surface area contributed by atoms with Crippen LogP contribution in [0.3, 0.4) is 0 Å². The van der Waals surface area contributed by atoms with Crippen LogP contribution in [0.15, 0.2) is 0 Å². The average Bonchev–Trinajstić information content (AvgIpc) is 2.16. The molecule has 0 saturated heterocycles. The molecule has 0 saturated carbocycles. The zero-order valence-corrected chi connectivity index (χ0v) is 16.0. The van der Waals surface area contributed by atoms with E-state index in [0.29, 0.717) is 5.75 Å². The van der Waals surface area contributed by atoms with E-state index in [4.69, 9.17) is 0 Å². The Balaban J connectivity index is -0.00000112. The molecule has 0 rings (SSSR count). The predicted molar refractivity (Wildman–Crippen MR) is 57.7 cm³/mol. The molecule has 10 heteroatoms. The number of hydrogen-bond donors (Lipinski definition) is 2. The summed E-state index contributed by atoms with van der Waals surface area (Å²) in [6.07, 6.45) is 0.155. The van der Waals surface area contributed by atoms with E-state index in [9.17, 15) is 24.6 Å². The molecule has 0 radical (unpaired) electrons. The van der Waals surface area contributed by atoms with Crippen LogP contribution in [0.2, 0.25) is 0 Å². The van der Waals surface area contributed by atoms with E-state index in [1.54, 1.807) is 0 Å². The Kier molecular flexibility index (Phi) is 19.5. The van der Waals surface area contributed by atoms with Crippen molar-refractivity contribution in [2.24, 2.45) is 0 Å². The Labute approximate surface area is 159 Å². The summed E-state index contributed by atoms with van der Waals surface area (Å²) in [5.74, 6) is -3.36. The minimum Gasteiger partial charge on any atom is -0.549 e. The number of carbonyl (C=O) groups excluding carboxylic acids is 3. The van der Waals surface area contributed by atoms with E-state index >= 15 is 0 Å². The largest absolute Gasteiger partial charge is 1.00 e. The van der Waals surface area contributed by atoms with E-state index in [0.717, 1.165) is 11.8 Å². The van der Waals surface area contributed by atoms with Gasteiger partial charge in [-0.25, -0.2) is 0 Å². The van der Waals surface area contributed by atoms with E-state index in [2.05, 4.69) is 17.9 Å². The standard InChI is InChI=1S/C8H13NO5S2.2Na/c10-6(3-16-4-7(11)12)9-5(1-2-15)8(13)14;;/h5,15H,1-4H2,(H,9,10)(H,11,12)(H,13,14);;/q;2*+1/p-2/t5-;;/m0../s1. The Hall–Kier alpha value is 1.11. The van der Waals surface area contributed by atoms with Gasteiger partial charge in [0, 0.05) is 5.75 Å². The summed E-state index contributed by atoms with van der Waals surface area (Å²) >= 11 is 4.68. The van der Waals surface area contributed by atoms with Crippen LogP contribution in [0.4, 0.5) is 0 Å². The third-order valence-electron chi connectivity index (χ3n) is 1.49. The molecule has 92 valence electrons. The molecule has 18 heavy (non-hydrogen) atoms. The third-order valence-corrected chi connectivity index (χ3v) is 2.65. The van der Waals surface area contributed by atoms with Gasteiger partial charge in [0.05, 0.1) is 23.7 Å². The smallest absolute Gasteiger partial charge is 0.549 e. The molecule has 0 bridgehead atoms. The molecule has 0 aliphatic heterocycles. The quantitative estimate of drug-likeness (QED) is 0.340. The second-order valence-corrected chi connectivity index (χ2v) is 4.25. The molecule has 0 aromatic heterocycles. The van der Waals surface area contributed by atoms with Gasteiger partial charge < -0.3 is 25.1 Å². The normalized spacial score (nSPS) is 10.5. The SMILES string of the molecule is O=C([O-])CSCC(=O)N[C@@H](CCS)C(=O)[O-].[Na+].[Na+]. The average molecular weight is 311 g/mol. The molecule has 0 heterocycles. The molecule has 1 N–H and O–H groups in total. The van der Waals surface area contributed by atoms with Crippen molar-refractivity contribution in [3.05, 3.63) is 0 Å². The number of amides is 1. The Morgan fingerprint density at radius 3 is 2.11 bits per heavy atom. The second kappa shape index (κ2) is 14.5. The van der Waals surface area contributed by atoms with Crippen LogP contribution in [-0.2, 0) is 14.4 Å². The topological polar surface area (TPSA) is 109 Å². The number of aliphatic carboxylic acids is 2. The first kappa shape index (κ1) is 24.1. The summed E-state index contributed by atoms with van der Waals surface area (Å²) in [6.45, 7) is 0. The van der Waals surface area contributed by atoms with Gasteiger partial charge in [-0.05, 0) is 12.2 Å². The number of thiol groups is 1. The van der Waals surface area contributed by atoms with Gasteiger partial charge in [0.25, 0.3) is 0 Å². The van der Waals surface area contributed by atoms with Crippen molar-refractivity contribution in [2.45, 2.75) is 12.5 Å². The summed E-state index contributed by atoms with van der Waals surface area (Å²) < 4.78 is 0.